The molecule has 0 aromatic rings. The topological polar surface area (TPSA) is 47.9 Å². The van der Waals surface area contributed by atoms with Gasteiger partial charge in [0.25, 0.3) is 0 Å². The van der Waals surface area contributed by atoms with Gasteiger partial charge in [-0.25, -0.2) is 0 Å². The molecule has 0 bridgehead atoms. The minimum atomic E-state index is -2.02. The summed E-state index contributed by atoms with van der Waals surface area (Å²) in [5, 5.41) is 10.4. The zero-order valence-corrected chi connectivity index (χ0v) is 23.1. The molecule has 1 heterocycles. The second-order valence-corrected chi connectivity index (χ2v) is 21.3. The number of rotatable bonds is 7. The molecular formula is C23H48O4Si2. The van der Waals surface area contributed by atoms with Crippen LogP contribution in [-0.4, -0.2) is 52.8 Å². The number of aliphatic hydroxyl groups is 1. The number of ether oxygens (including phenoxy) is 1. The van der Waals surface area contributed by atoms with E-state index in [-0.39, 0.29) is 47.0 Å². The van der Waals surface area contributed by atoms with E-state index in [1.807, 2.05) is 6.92 Å². The van der Waals surface area contributed by atoms with Crippen LogP contribution in [0.25, 0.3) is 0 Å². The van der Waals surface area contributed by atoms with Crippen molar-refractivity contribution in [2.24, 2.45) is 5.92 Å². The van der Waals surface area contributed by atoms with Crippen LogP contribution in [0.4, 0.5) is 0 Å². The van der Waals surface area contributed by atoms with Gasteiger partial charge in [-0.2, -0.15) is 0 Å². The molecule has 6 heteroatoms. The van der Waals surface area contributed by atoms with Crippen molar-refractivity contribution in [3.05, 3.63) is 12.2 Å². The van der Waals surface area contributed by atoms with Crippen molar-refractivity contribution >= 4 is 16.6 Å². The predicted octanol–water partition coefficient (Wildman–Crippen LogP) is 6.13. The second-order valence-electron chi connectivity index (χ2n) is 11.8. The van der Waals surface area contributed by atoms with Crippen molar-refractivity contribution in [1.29, 1.82) is 0 Å². The van der Waals surface area contributed by atoms with Crippen molar-refractivity contribution in [1.82, 2.24) is 0 Å². The van der Waals surface area contributed by atoms with E-state index in [2.05, 4.69) is 86.8 Å². The third-order valence-electron chi connectivity index (χ3n) is 7.38. The van der Waals surface area contributed by atoms with Gasteiger partial charge in [0.15, 0.2) is 16.6 Å². The largest absolute Gasteiger partial charge is 0.413 e. The first-order valence-corrected chi connectivity index (χ1v) is 17.0. The Morgan fingerprint density at radius 3 is 1.97 bits per heavy atom. The molecule has 0 aromatic heterocycles. The van der Waals surface area contributed by atoms with E-state index in [1.54, 1.807) is 0 Å². The van der Waals surface area contributed by atoms with Crippen LogP contribution in [-0.2, 0) is 13.6 Å². The fourth-order valence-corrected chi connectivity index (χ4v) is 5.94. The lowest BCUT2D eigenvalue weighted by atomic mass is 9.88. The average Bonchev–Trinajstić information content (AvgIpc) is 2.54. The molecule has 0 spiro atoms. The molecule has 0 aromatic carbocycles. The Hall–Kier alpha value is 0.0138. The quantitative estimate of drug-likeness (QED) is 0.379. The third-order valence-corrected chi connectivity index (χ3v) is 16.4. The number of aliphatic hydroxyl groups excluding tert-OH is 1. The van der Waals surface area contributed by atoms with E-state index < -0.39 is 16.6 Å². The van der Waals surface area contributed by atoms with Crippen LogP contribution >= 0.6 is 0 Å². The highest BCUT2D eigenvalue weighted by Gasteiger charge is 2.47. The van der Waals surface area contributed by atoms with Crippen LogP contribution in [0, 0.1) is 5.92 Å². The maximum Gasteiger partial charge on any atom is 0.192 e. The number of hydrogen-bond donors (Lipinski definition) is 1. The van der Waals surface area contributed by atoms with Crippen LogP contribution in [0.2, 0.25) is 36.3 Å². The van der Waals surface area contributed by atoms with Crippen molar-refractivity contribution in [2.45, 2.75) is 122 Å². The van der Waals surface area contributed by atoms with Gasteiger partial charge in [0.1, 0.15) is 0 Å². The minimum absolute atomic E-state index is 0.0226. The number of hydrogen-bond acceptors (Lipinski definition) is 4. The van der Waals surface area contributed by atoms with E-state index in [0.29, 0.717) is 0 Å². The van der Waals surface area contributed by atoms with Crippen molar-refractivity contribution in [3.8, 4) is 0 Å². The van der Waals surface area contributed by atoms with Crippen LogP contribution in [0.3, 0.4) is 0 Å². The van der Waals surface area contributed by atoms with Crippen molar-refractivity contribution in [3.63, 3.8) is 0 Å². The Bertz CT molecular complexity index is 546. The Kier molecular flexibility index (Phi) is 9.01. The predicted molar refractivity (Wildman–Crippen MR) is 128 cm³/mol. The summed E-state index contributed by atoms with van der Waals surface area (Å²) < 4.78 is 19.9. The molecule has 0 aliphatic carbocycles. The minimum Gasteiger partial charge on any atom is -0.413 e. The molecule has 0 saturated carbocycles. The molecule has 0 unspecified atom stereocenters. The molecule has 1 rings (SSSR count). The second kappa shape index (κ2) is 9.66. The summed E-state index contributed by atoms with van der Waals surface area (Å²) in [5.74, 6) is 0.267. The Labute approximate surface area is 182 Å². The summed E-state index contributed by atoms with van der Waals surface area (Å²) in [6.45, 7) is 26.8. The first kappa shape index (κ1) is 27.0. The fraction of sp³-hybridized carbons (Fsp3) is 0.913. The molecule has 5 atom stereocenters. The smallest absolute Gasteiger partial charge is 0.192 e. The highest BCUT2D eigenvalue weighted by Crippen LogP contribution is 2.42. The van der Waals surface area contributed by atoms with Gasteiger partial charge in [-0.1, -0.05) is 60.6 Å². The first-order chi connectivity index (χ1) is 13.0. The Morgan fingerprint density at radius 1 is 1.03 bits per heavy atom. The molecule has 1 aliphatic heterocycles. The van der Waals surface area contributed by atoms with Crippen molar-refractivity contribution in [2.75, 3.05) is 6.61 Å². The molecule has 1 fully saturated rings. The summed E-state index contributed by atoms with van der Waals surface area (Å²) in [5.41, 5.74) is 0. The lowest BCUT2D eigenvalue weighted by Crippen LogP contribution is -2.56. The molecule has 1 aliphatic rings. The van der Waals surface area contributed by atoms with Gasteiger partial charge < -0.3 is 18.7 Å². The van der Waals surface area contributed by atoms with Crippen LogP contribution in [0.15, 0.2) is 12.2 Å². The highest BCUT2D eigenvalue weighted by molar-refractivity contribution is 6.74. The molecule has 4 nitrogen and oxygen atoms in total. The molecule has 29 heavy (non-hydrogen) atoms. The number of allylic oxidation sites excluding steroid dienone is 1. The highest BCUT2D eigenvalue weighted by atomic mass is 28.4. The molecule has 1 N–H and O–H groups in total. The Balaban J connectivity index is 3.13. The van der Waals surface area contributed by atoms with Gasteiger partial charge >= 0.3 is 0 Å². The maximum absolute atomic E-state index is 10.2. The van der Waals surface area contributed by atoms with E-state index in [1.165, 1.54) is 0 Å². The van der Waals surface area contributed by atoms with Gasteiger partial charge in [-0.3, -0.25) is 0 Å². The van der Waals surface area contributed by atoms with Gasteiger partial charge in [-0.15, -0.1) is 0 Å². The molecule has 1 saturated heterocycles. The fourth-order valence-electron chi connectivity index (χ4n) is 3.18. The summed E-state index contributed by atoms with van der Waals surface area (Å²) in [6, 6.07) is 0. The monoisotopic (exact) mass is 444 g/mol. The normalized spacial score (nSPS) is 28.7. The molecular weight excluding hydrogens is 396 g/mol. The van der Waals surface area contributed by atoms with Crippen LogP contribution in [0.5, 0.6) is 0 Å². The van der Waals surface area contributed by atoms with E-state index in [4.69, 9.17) is 13.6 Å². The maximum atomic E-state index is 10.2. The summed E-state index contributed by atoms with van der Waals surface area (Å²) in [7, 11) is -3.93. The van der Waals surface area contributed by atoms with E-state index >= 15 is 0 Å². The lowest BCUT2D eigenvalue weighted by Gasteiger charge is -2.48. The Morgan fingerprint density at radius 2 is 1.55 bits per heavy atom. The SMILES string of the molecule is CC=C[C@H]1O[C@@H]([C@H](CO)O[Si](C)(C)C(C)(C)C)C[C@H](O[Si](C)(C)C(C)(C)C)[C@H]1C. The summed E-state index contributed by atoms with van der Waals surface area (Å²) in [4.78, 5) is 0. The van der Waals surface area contributed by atoms with Crippen molar-refractivity contribution < 1.29 is 18.7 Å². The first-order valence-electron chi connectivity index (χ1n) is 11.2. The van der Waals surface area contributed by atoms with E-state index in [9.17, 15) is 5.11 Å². The van der Waals surface area contributed by atoms with Gasteiger partial charge in [-0.05, 0) is 43.2 Å². The average molecular weight is 445 g/mol. The summed E-state index contributed by atoms with van der Waals surface area (Å²) in [6.07, 6.45) is 4.54. The van der Waals surface area contributed by atoms with Gasteiger partial charge in [0.2, 0.25) is 0 Å². The zero-order chi connectivity index (χ0) is 22.8. The van der Waals surface area contributed by atoms with Gasteiger partial charge in [0, 0.05) is 12.3 Å². The van der Waals surface area contributed by atoms with Crippen LogP contribution in [0.1, 0.15) is 61.8 Å². The molecule has 0 amide bonds. The molecule has 0 radical (unpaired) electrons. The summed E-state index contributed by atoms with van der Waals surface area (Å²) >= 11 is 0. The third kappa shape index (κ3) is 6.75. The lowest BCUT2D eigenvalue weighted by molar-refractivity contribution is -0.148. The molecule has 172 valence electrons. The van der Waals surface area contributed by atoms with Gasteiger partial charge in [0.05, 0.1) is 31.0 Å². The van der Waals surface area contributed by atoms with E-state index in [0.717, 1.165) is 6.42 Å². The van der Waals surface area contributed by atoms with Crippen LogP contribution < -0.4 is 0 Å². The zero-order valence-electron chi connectivity index (χ0n) is 21.1. The standard InChI is InChI=1S/C23H48O4Si2/c1-13-14-18-17(2)19(26-28(9,10)22(3,4)5)15-20(25-18)21(16-24)27-29(11,12)23(6,7)8/h13-14,17-21,24H,15-16H2,1-12H3/t17-,18+,19-,20+,21-/m0/s1.